The third-order valence-corrected chi connectivity index (χ3v) is 10.8. The van der Waals surface area contributed by atoms with Gasteiger partial charge in [-0.05, 0) is 38.4 Å². The Kier molecular flexibility index (Phi) is 14.3. The third-order valence-electron chi connectivity index (χ3n) is 8.66. The van der Waals surface area contributed by atoms with Crippen molar-refractivity contribution in [2.24, 2.45) is 11.8 Å². The van der Waals surface area contributed by atoms with Crippen LogP contribution in [-0.2, 0) is 35.4 Å². The number of nitrogens with one attached hydrogen (secondary N) is 1. The highest BCUT2D eigenvalue weighted by molar-refractivity contribution is 7.92. The second kappa shape index (κ2) is 17.7. The van der Waals surface area contributed by atoms with Gasteiger partial charge in [0, 0.05) is 32.0 Å². The number of esters is 1. The Balaban J connectivity index is 2.00. The second-order valence-electron chi connectivity index (χ2n) is 12.7. The van der Waals surface area contributed by atoms with Gasteiger partial charge in [-0.25, -0.2) is 18.2 Å². The first-order valence-corrected chi connectivity index (χ1v) is 18.3. The van der Waals surface area contributed by atoms with Gasteiger partial charge in [-0.1, -0.05) is 64.5 Å². The first-order chi connectivity index (χ1) is 22.7. The molecule has 2 amide bonds. The molecule has 0 aromatic carbocycles. The lowest BCUT2D eigenvalue weighted by molar-refractivity contribution is -0.157. The number of nitrogens with zero attached hydrogens (tertiary/aromatic N) is 3. The smallest absolute Gasteiger partial charge is 0.330 e. The summed E-state index contributed by atoms with van der Waals surface area (Å²) in [5, 5.41) is 11.9. The maximum Gasteiger partial charge on any atom is 0.330 e. The van der Waals surface area contributed by atoms with Gasteiger partial charge in [0.05, 0.1) is 23.5 Å². The van der Waals surface area contributed by atoms with Crippen LogP contribution in [0.25, 0.3) is 0 Å². The van der Waals surface area contributed by atoms with E-state index in [2.05, 4.69) is 10.3 Å². The Hall–Kier alpha value is -3.62. The van der Waals surface area contributed by atoms with E-state index in [0.717, 1.165) is 11.2 Å². The Labute approximate surface area is 283 Å². The first-order valence-electron chi connectivity index (χ1n) is 16.6. The molecule has 5 atom stereocenters. The van der Waals surface area contributed by atoms with Crippen LogP contribution in [0.4, 0.5) is 0 Å². The van der Waals surface area contributed by atoms with Crippen LogP contribution in [0.1, 0.15) is 70.8 Å². The summed E-state index contributed by atoms with van der Waals surface area (Å²) in [5.74, 6) is -3.23. The van der Waals surface area contributed by atoms with Crippen LogP contribution in [-0.4, -0.2) is 114 Å². The number of hydrogen-bond acceptors (Lipinski definition) is 11. The fraction of sp³-hybridized carbons (Fsp3) is 0.618. The number of cyclic esters (lactones) is 1. The molecule has 0 radical (unpaired) electrons. The van der Waals surface area contributed by atoms with Crippen LogP contribution in [0.5, 0.6) is 0 Å². The van der Waals surface area contributed by atoms with Crippen LogP contribution >= 0.6 is 0 Å². The number of ketones is 1. The molecule has 2 aliphatic heterocycles. The lowest BCUT2D eigenvalue weighted by atomic mass is 9.94. The molecule has 1 fully saturated rings. The SMILES string of the molecule is CCN(CC)CCS(=O)(=O)[C@@H]1CCN2C(=O)c3coc(n3)CC(=O)C[C@H](O)C=C(C)C=CCNC(=O)C=C[C@@H](C)[C@@H](C(C)C)OC(=O)[C@H]12. The number of allylic oxidation sites excluding steroid dienone is 2. The van der Waals surface area contributed by atoms with Crippen molar-refractivity contribution in [2.45, 2.75) is 84.3 Å². The van der Waals surface area contributed by atoms with Gasteiger partial charge < -0.3 is 29.4 Å². The van der Waals surface area contributed by atoms with Crippen molar-refractivity contribution in [2.75, 3.05) is 38.5 Å². The summed E-state index contributed by atoms with van der Waals surface area (Å²) in [7, 11) is -3.87. The fourth-order valence-corrected chi connectivity index (χ4v) is 7.92. The summed E-state index contributed by atoms with van der Waals surface area (Å²) >= 11 is 0. The van der Waals surface area contributed by atoms with E-state index in [1.165, 1.54) is 12.2 Å². The quantitative estimate of drug-likeness (QED) is 0.402. The molecule has 1 aromatic heterocycles. The van der Waals surface area contributed by atoms with Gasteiger partial charge in [-0.2, -0.15) is 0 Å². The molecule has 48 heavy (non-hydrogen) atoms. The zero-order valence-corrected chi connectivity index (χ0v) is 29.6. The maximum absolute atomic E-state index is 14.0. The van der Waals surface area contributed by atoms with E-state index < -0.39 is 51.1 Å². The van der Waals surface area contributed by atoms with E-state index in [1.807, 2.05) is 32.6 Å². The molecular weight excluding hydrogens is 640 g/mol. The molecule has 3 rings (SSSR count). The first kappa shape index (κ1) is 38.8. The maximum atomic E-state index is 14.0. The number of ether oxygens (including phenoxy) is 1. The summed E-state index contributed by atoms with van der Waals surface area (Å²) < 4.78 is 38.9. The Morgan fingerprint density at radius 1 is 1.15 bits per heavy atom. The molecule has 0 saturated carbocycles. The van der Waals surface area contributed by atoms with Gasteiger partial charge in [-0.3, -0.25) is 14.4 Å². The Morgan fingerprint density at radius 3 is 2.52 bits per heavy atom. The minimum absolute atomic E-state index is 0.0243. The highest BCUT2D eigenvalue weighted by Crippen LogP contribution is 2.30. The highest BCUT2D eigenvalue weighted by Gasteiger charge is 2.50. The fourth-order valence-electron chi connectivity index (χ4n) is 5.99. The highest BCUT2D eigenvalue weighted by atomic mass is 32.2. The predicted molar refractivity (Wildman–Crippen MR) is 180 cm³/mol. The molecule has 14 heteroatoms. The predicted octanol–water partition coefficient (Wildman–Crippen LogP) is 2.27. The zero-order chi connectivity index (χ0) is 35.6. The number of aliphatic hydroxyl groups excluding tert-OH is 1. The molecule has 0 spiro atoms. The molecule has 2 N–H and O–H groups in total. The summed E-state index contributed by atoms with van der Waals surface area (Å²) in [4.78, 5) is 60.3. The number of sulfone groups is 1. The molecule has 3 heterocycles. The molecule has 1 aromatic rings. The lowest BCUT2D eigenvalue weighted by Gasteiger charge is -2.31. The molecule has 1 saturated heterocycles. The van der Waals surface area contributed by atoms with E-state index >= 15 is 0 Å². The zero-order valence-electron chi connectivity index (χ0n) is 28.8. The number of hydrogen-bond donors (Lipinski definition) is 2. The molecule has 266 valence electrons. The Bertz CT molecular complexity index is 1490. The van der Waals surface area contributed by atoms with Gasteiger partial charge >= 0.3 is 5.97 Å². The van der Waals surface area contributed by atoms with Crippen molar-refractivity contribution >= 4 is 33.4 Å². The van der Waals surface area contributed by atoms with Crippen molar-refractivity contribution in [3.8, 4) is 0 Å². The average Bonchev–Trinajstić information content (AvgIpc) is 3.68. The topological polar surface area (TPSA) is 176 Å². The molecule has 0 aliphatic carbocycles. The van der Waals surface area contributed by atoms with E-state index in [-0.39, 0.29) is 73.8 Å². The van der Waals surface area contributed by atoms with Crippen LogP contribution in [0.15, 0.2) is 46.6 Å². The van der Waals surface area contributed by atoms with Crippen molar-refractivity contribution in [3.63, 3.8) is 0 Å². The number of oxazole rings is 1. The molecule has 2 aliphatic rings. The van der Waals surface area contributed by atoms with Gasteiger partial charge in [0.15, 0.2) is 15.5 Å². The normalized spacial score (nSPS) is 25.6. The molecule has 13 nitrogen and oxygen atoms in total. The number of fused-ring (bicyclic) bond motifs is 3. The largest absolute Gasteiger partial charge is 0.460 e. The van der Waals surface area contributed by atoms with Crippen molar-refractivity contribution in [1.29, 1.82) is 0 Å². The minimum atomic E-state index is -3.87. The number of rotatable bonds is 7. The number of amides is 2. The Morgan fingerprint density at radius 2 is 1.85 bits per heavy atom. The van der Waals surface area contributed by atoms with Gasteiger partial charge in [-0.15, -0.1) is 0 Å². The van der Waals surface area contributed by atoms with E-state index in [4.69, 9.17) is 9.15 Å². The minimum Gasteiger partial charge on any atom is -0.460 e. The van der Waals surface area contributed by atoms with E-state index in [9.17, 15) is 32.7 Å². The van der Waals surface area contributed by atoms with Gasteiger partial charge in [0.2, 0.25) is 11.8 Å². The van der Waals surface area contributed by atoms with Crippen LogP contribution in [0.3, 0.4) is 0 Å². The second-order valence-corrected chi connectivity index (χ2v) is 15.0. The van der Waals surface area contributed by atoms with Crippen LogP contribution in [0, 0.1) is 11.8 Å². The lowest BCUT2D eigenvalue weighted by Crippen LogP contribution is -2.50. The van der Waals surface area contributed by atoms with E-state index in [1.54, 1.807) is 32.1 Å². The van der Waals surface area contributed by atoms with E-state index in [0.29, 0.717) is 18.7 Å². The third kappa shape index (κ3) is 10.7. The van der Waals surface area contributed by atoms with Gasteiger partial charge in [0.1, 0.15) is 24.2 Å². The van der Waals surface area contributed by atoms with Gasteiger partial charge in [0.25, 0.3) is 5.91 Å². The number of Topliss-reactive ketones (excluding diaryl/α,β-unsaturated/α-hetero) is 1. The summed E-state index contributed by atoms with van der Waals surface area (Å²) in [6.45, 7) is 12.9. The summed E-state index contributed by atoms with van der Waals surface area (Å²) in [5.41, 5.74) is 0.505. The molecule has 2 bridgehead atoms. The molecular formula is C34H50N4O9S. The number of aromatic nitrogens is 1. The van der Waals surface area contributed by atoms with Crippen molar-refractivity contribution in [3.05, 3.63) is 53.8 Å². The summed E-state index contributed by atoms with van der Waals surface area (Å²) in [6.07, 6.45) is 6.68. The van der Waals surface area contributed by atoms with Crippen molar-refractivity contribution < 1.29 is 41.9 Å². The standard InChI is InChI=1S/C34H50N4O9S/c1-7-37(8-2)16-17-48(44,45)28-13-15-38-31(28)34(43)47-32(22(3)4)24(6)11-12-29(41)35-14-9-10-23(5)18-25(39)19-26(40)20-30-36-27(21-46-30)33(38)42/h9-12,18,21-22,24-25,28,31-32,39H,7-8,13-17,19-20H2,1-6H3,(H,35,41)/t24-,25-,28-,31+,32-/m1/s1. The summed E-state index contributed by atoms with van der Waals surface area (Å²) in [6, 6.07) is -1.44. The number of aliphatic hydroxyl groups is 1. The number of carbonyl (C=O) groups is 4. The van der Waals surface area contributed by atoms with Crippen molar-refractivity contribution in [1.82, 2.24) is 20.1 Å². The average molecular weight is 691 g/mol. The number of carbonyl (C=O) groups excluding carboxylic acids is 4. The van der Waals surface area contributed by atoms with Crippen LogP contribution in [0.2, 0.25) is 0 Å². The van der Waals surface area contributed by atoms with Crippen LogP contribution < -0.4 is 5.32 Å². The monoisotopic (exact) mass is 690 g/mol. The molecule has 0 unspecified atom stereocenters.